The molecule has 3 aromatic carbocycles. The second-order valence-corrected chi connectivity index (χ2v) is 8.43. The Morgan fingerprint density at radius 3 is 2.45 bits per heavy atom. The molecule has 0 saturated carbocycles. The highest BCUT2D eigenvalue weighted by Gasteiger charge is 2.30. The van der Waals surface area contributed by atoms with Gasteiger partial charge in [0.05, 0.1) is 11.6 Å². The standard InChI is InChI=1S/C25H21ClF3N3O/c1-15-12-20(26)7-8-21(15)18-6-9-22-19(13-18)14-32(31-22)23(10-11-25(27,28)29)16-2-4-17(5-3-16)24(30)33/h2-9,12-14,23H,10-11H2,1H3,(H2,30,33). The molecule has 2 N–H and O–H groups in total. The molecule has 0 spiro atoms. The number of benzene rings is 3. The van der Waals surface area contributed by atoms with Crippen LogP contribution in [0, 0.1) is 6.92 Å². The summed E-state index contributed by atoms with van der Waals surface area (Å²) in [5.41, 5.74) is 9.88. The predicted octanol–water partition coefficient (Wildman–Crippen LogP) is 6.70. The van der Waals surface area contributed by atoms with E-state index in [2.05, 4.69) is 5.10 Å². The van der Waals surface area contributed by atoms with Gasteiger partial charge >= 0.3 is 6.18 Å². The number of nitrogens with two attached hydrogens (primary N) is 1. The molecule has 170 valence electrons. The summed E-state index contributed by atoms with van der Waals surface area (Å²) < 4.78 is 40.6. The lowest BCUT2D eigenvalue weighted by Crippen LogP contribution is -2.17. The average Bonchev–Trinajstić information content (AvgIpc) is 3.16. The summed E-state index contributed by atoms with van der Waals surface area (Å²) in [6.07, 6.45) is -3.68. The van der Waals surface area contributed by atoms with Crippen LogP contribution in [0.2, 0.25) is 5.02 Å². The zero-order valence-electron chi connectivity index (χ0n) is 17.7. The van der Waals surface area contributed by atoms with Gasteiger partial charge < -0.3 is 5.73 Å². The summed E-state index contributed by atoms with van der Waals surface area (Å²) >= 11 is 6.07. The first-order valence-corrected chi connectivity index (χ1v) is 10.7. The quantitative estimate of drug-likeness (QED) is 0.340. The van der Waals surface area contributed by atoms with Gasteiger partial charge in [0.1, 0.15) is 0 Å². The SMILES string of the molecule is Cc1cc(Cl)ccc1-c1ccc2nn(C(CCC(F)(F)F)c3ccc(C(N)=O)cc3)cc2c1. The van der Waals surface area contributed by atoms with Gasteiger partial charge in [0.2, 0.25) is 5.91 Å². The van der Waals surface area contributed by atoms with Crippen LogP contribution >= 0.6 is 11.6 Å². The van der Waals surface area contributed by atoms with Crippen LogP contribution in [-0.2, 0) is 0 Å². The van der Waals surface area contributed by atoms with Crippen LogP contribution < -0.4 is 5.73 Å². The number of hydrogen-bond acceptors (Lipinski definition) is 2. The van der Waals surface area contributed by atoms with E-state index in [1.54, 1.807) is 23.0 Å². The van der Waals surface area contributed by atoms with Gasteiger partial charge in [-0.2, -0.15) is 18.3 Å². The zero-order chi connectivity index (χ0) is 23.8. The first-order valence-electron chi connectivity index (χ1n) is 10.3. The highest BCUT2D eigenvalue weighted by atomic mass is 35.5. The van der Waals surface area contributed by atoms with Crippen LogP contribution in [0.4, 0.5) is 13.2 Å². The number of halogens is 4. The van der Waals surface area contributed by atoms with Crippen LogP contribution in [0.1, 0.15) is 40.4 Å². The molecule has 4 rings (SSSR count). The first kappa shape index (κ1) is 22.9. The molecule has 0 aliphatic rings. The van der Waals surface area contributed by atoms with Gasteiger partial charge in [-0.1, -0.05) is 35.9 Å². The highest BCUT2D eigenvalue weighted by molar-refractivity contribution is 6.30. The van der Waals surface area contributed by atoms with Gasteiger partial charge in [0.15, 0.2) is 0 Å². The molecule has 0 saturated heterocycles. The second-order valence-electron chi connectivity index (χ2n) is 8.00. The number of rotatable bonds is 6. The average molecular weight is 472 g/mol. The van der Waals surface area contributed by atoms with E-state index in [1.165, 1.54) is 12.1 Å². The second kappa shape index (κ2) is 8.90. The summed E-state index contributed by atoms with van der Waals surface area (Å²) in [4.78, 5) is 11.4. The number of hydrogen-bond donors (Lipinski definition) is 1. The van der Waals surface area contributed by atoms with Crippen LogP contribution in [-0.4, -0.2) is 21.9 Å². The van der Waals surface area contributed by atoms with Crippen molar-refractivity contribution in [1.29, 1.82) is 0 Å². The van der Waals surface area contributed by atoms with E-state index >= 15 is 0 Å². The van der Waals surface area contributed by atoms with E-state index in [4.69, 9.17) is 17.3 Å². The third-order valence-electron chi connectivity index (χ3n) is 5.62. The summed E-state index contributed by atoms with van der Waals surface area (Å²) in [5, 5.41) is 6.02. The highest BCUT2D eigenvalue weighted by Crippen LogP contribution is 2.33. The van der Waals surface area contributed by atoms with Crippen molar-refractivity contribution in [2.45, 2.75) is 32.0 Å². The van der Waals surface area contributed by atoms with Crippen LogP contribution in [0.5, 0.6) is 0 Å². The lowest BCUT2D eigenvalue weighted by Gasteiger charge is -2.19. The zero-order valence-corrected chi connectivity index (χ0v) is 18.5. The molecule has 33 heavy (non-hydrogen) atoms. The van der Waals surface area contributed by atoms with Crippen LogP contribution in [0.3, 0.4) is 0 Å². The van der Waals surface area contributed by atoms with E-state index in [0.29, 0.717) is 21.7 Å². The molecule has 1 amide bonds. The van der Waals surface area contributed by atoms with Gasteiger partial charge in [-0.25, -0.2) is 0 Å². The summed E-state index contributed by atoms with van der Waals surface area (Å²) in [6.45, 7) is 1.97. The normalized spacial score (nSPS) is 12.8. The number of amides is 1. The molecule has 0 fully saturated rings. The van der Waals surface area contributed by atoms with Crippen molar-refractivity contribution in [1.82, 2.24) is 9.78 Å². The molecule has 1 aromatic heterocycles. The van der Waals surface area contributed by atoms with Crippen LogP contribution in [0.15, 0.2) is 66.9 Å². The fourth-order valence-corrected chi connectivity index (χ4v) is 4.17. The molecule has 0 bridgehead atoms. The number of nitrogens with zero attached hydrogens (tertiary/aromatic N) is 2. The molecule has 8 heteroatoms. The van der Waals surface area contributed by atoms with Gasteiger partial charge in [0, 0.05) is 28.6 Å². The third kappa shape index (κ3) is 5.20. The summed E-state index contributed by atoms with van der Waals surface area (Å²) in [7, 11) is 0. The Balaban J connectivity index is 1.73. The van der Waals surface area contributed by atoms with Gasteiger partial charge in [-0.3, -0.25) is 9.48 Å². The number of fused-ring (bicyclic) bond motifs is 1. The fourth-order valence-electron chi connectivity index (χ4n) is 3.94. The minimum Gasteiger partial charge on any atom is -0.366 e. The molecule has 1 unspecified atom stereocenters. The van der Waals surface area contributed by atoms with E-state index < -0.39 is 24.5 Å². The summed E-state index contributed by atoms with van der Waals surface area (Å²) in [6, 6.07) is 17.0. The van der Waals surface area contributed by atoms with E-state index in [-0.39, 0.29) is 6.42 Å². The Morgan fingerprint density at radius 2 is 1.82 bits per heavy atom. The molecule has 0 radical (unpaired) electrons. The van der Waals surface area contributed by atoms with E-state index in [0.717, 1.165) is 22.1 Å². The number of carbonyl (C=O) groups is 1. The van der Waals surface area contributed by atoms with Gasteiger partial charge in [-0.05, 0) is 72.0 Å². The van der Waals surface area contributed by atoms with Gasteiger partial charge in [-0.15, -0.1) is 0 Å². The van der Waals surface area contributed by atoms with Crippen LogP contribution in [0.25, 0.3) is 22.0 Å². The lowest BCUT2D eigenvalue weighted by atomic mass is 9.99. The lowest BCUT2D eigenvalue weighted by molar-refractivity contribution is -0.136. The predicted molar refractivity (Wildman–Crippen MR) is 123 cm³/mol. The maximum Gasteiger partial charge on any atom is 0.389 e. The Hall–Kier alpha value is -3.32. The minimum atomic E-state index is -4.29. The number of alkyl halides is 3. The van der Waals surface area contributed by atoms with Crippen molar-refractivity contribution >= 4 is 28.4 Å². The Morgan fingerprint density at radius 1 is 1.09 bits per heavy atom. The topological polar surface area (TPSA) is 60.9 Å². The van der Waals surface area contributed by atoms with E-state index in [1.807, 2.05) is 43.3 Å². The smallest absolute Gasteiger partial charge is 0.366 e. The Bertz CT molecular complexity index is 1310. The molecule has 4 nitrogen and oxygen atoms in total. The Labute approximate surface area is 193 Å². The largest absolute Gasteiger partial charge is 0.389 e. The molecular formula is C25H21ClF3N3O. The monoisotopic (exact) mass is 471 g/mol. The molecule has 1 atom stereocenters. The maximum atomic E-state index is 13.0. The Kier molecular flexibility index (Phi) is 6.17. The number of aromatic nitrogens is 2. The molecule has 0 aliphatic heterocycles. The van der Waals surface area contributed by atoms with E-state index in [9.17, 15) is 18.0 Å². The minimum absolute atomic E-state index is 0.184. The summed E-state index contributed by atoms with van der Waals surface area (Å²) in [5.74, 6) is -0.594. The molecular weight excluding hydrogens is 451 g/mol. The van der Waals surface area contributed by atoms with Crippen molar-refractivity contribution in [2.75, 3.05) is 0 Å². The number of aryl methyl sites for hydroxylation is 1. The third-order valence-corrected chi connectivity index (χ3v) is 5.86. The fraction of sp³-hybridized carbons (Fsp3) is 0.200. The van der Waals surface area contributed by atoms with Crippen molar-refractivity contribution in [3.8, 4) is 11.1 Å². The number of carbonyl (C=O) groups excluding carboxylic acids is 1. The van der Waals surface area contributed by atoms with Crippen molar-refractivity contribution < 1.29 is 18.0 Å². The van der Waals surface area contributed by atoms with Crippen molar-refractivity contribution in [2.24, 2.45) is 5.73 Å². The first-order chi connectivity index (χ1) is 15.6. The molecule has 1 heterocycles. The van der Waals surface area contributed by atoms with Crippen molar-refractivity contribution in [3.05, 3.63) is 88.6 Å². The molecule has 0 aliphatic carbocycles. The number of primary amides is 1. The van der Waals surface area contributed by atoms with Crippen molar-refractivity contribution in [3.63, 3.8) is 0 Å². The van der Waals surface area contributed by atoms with Gasteiger partial charge in [0.25, 0.3) is 0 Å². The maximum absolute atomic E-state index is 13.0. The molecule has 4 aromatic rings.